The van der Waals surface area contributed by atoms with E-state index in [2.05, 4.69) is 26.0 Å². The van der Waals surface area contributed by atoms with Gasteiger partial charge in [-0.15, -0.1) is 5.10 Å². The SMILES string of the molecule is CC(=O)Oc1ccccc1-c1nc2sc(=Cc3ccc(-c4ccc(Br)cc4)o3)c(=O)n2n1. The number of hydrogen-bond donors (Lipinski definition) is 0. The molecule has 0 bridgehead atoms. The van der Waals surface area contributed by atoms with E-state index in [1.165, 1.54) is 22.8 Å². The molecule has 5 aromatic rings. The summed E-state index contributed by atoms with van der Waals surface area (Å²) >= 11 is 4.62. The van der Waals surface area contributed by atoms with Gasteiger partial charge >= 0.3 is 5.97 Å². The zero-order valence-corrected chi connectivity index (χ0v) is 19.0. The van der Waals surface area contributed by atoms with Crippen LogP contribution >= 0.6 is 27.3 Å². The molecule has 3 aromatic heterocycles. The fourth-order valence-electron chi connectivity index (χ4n) is 3.17. The van der Waals surface area contributed by atoms with Crippen LogP contribution in [-0.4, -0.2) is 20.6 Å². The number of hydrogen-bond acceptors (Lipinski definition) is 7. The Morgan fingerprint density at radius 3 is 2.66 bits per heavy atom. The molecule has 0 fully saturated rings. The molecule has 0 spiro atoms. The van der Waals surface area contributed by atoms with Crippen molar-refractivity contribution >= 4 is 44.3 Å². The van der Waals surface area contributed by atoms with E-state index in [-0.39, 0.29) is 5.56 Å². The number of esters is 1. The van der Waals surface area contributed by atoms with Crippen molar-refractivity contribution in [2.75, 3.05) is 0 Å². The number of carbonyl (C=O) groups excluding carboxylic acids is 1. The average Bonchev–Trinajstić information content (AvgIpc) is 3.46. The summed E-state index contributed by atoms with van der Waals surface area (Å²) in [6, 6.07) is 18.4. The van der Waals surface area contributed by atoms with Crippen LogP contribution < -0.4 is 14.8 Å². The highest BCUT2D eigenvalue weighted by atomic mass is 79.9. The first kappa shape index (κ1) is 20.3. The number of fused-ring (bicyclic) bond motifs is 1. The maximum atomic E-state index is 12.9. The van der Waals surface area contributed by atoms with Crippen LogP contribution in [0.5, 0.6) is 5.75 Å². The van der Waals surface area contributed by atoms with Crippen LogP contribution in [0, 0.1) is 0 Å². The molecule has 32 heavy (non-hydrogen) atoms. The van der Waals surface area contributed by atoms with Gasteiger partial charge in [0.2, 0.25) is 4.96 Å². The Hall–Kier alpha value is -3.56. The van der Waals surface area contributed by atoms with Gasteiger partial charge in [-0.05, 0) is 36.4 Å². The van der Waals surface area contributed by atoms with E-state index in [0.717, 1.165) is 10.0 Å². The summed E-state index contributed by atoms with van der Waals surface area (Å²) in [4.78, 5) is 29.1. The number of para-hydroxylation sites is 1. The molecular formula is C23H14BrN3O4S. The molecule has 158 valence electrons. The van der Waals surface area contributed by atoms with Gasteiger partial charge in [0.25, 0.3) is 5.56 Å². The average molecular weight is 508 g/mol. The van der Waals surface area contributed by atoms with Gasteiger partial charge in [-0.3, -0.25) is 9.59 Å². The number of rotatable bonds is 4. The van der Waals surface area contributed by atoms with Gasteiger partial charge in [-0.1, -0.05) is 51.5 Å². The Kier molecular flexibility index (Phi) is 5.20. The van der Waals surface area contributed by atoms with Crippen molar-refractivity contribution in [3.8, 4) is 28.5 Å². The Bertz CT molecular complexity index is 1570. The number of carbonyl (C=O) groups is 1. The second-order valence-electron chi connectivity index (χ2n) is 6.84. The molecule has 0 amide bonds. The molecule has 7 nitrogen and oxygen atoms in total. The Labute approximate surface area is 193 Å². The van der Waals surface area contributed by atoms with Crippen LogP contribution in [0.1, 0.15) is 12.7 Å². The molecule has 0 aliphatic heterocycles. The van der Waals surface area contributed by atoms with Gasteiger partial charge in [-0.25, -0.2) is 0 Å². The highest BCUT2D eigenvalue weighted by Gasteiger charge is 2.16. The fourth-order valence-corrected chi connectivity index (χ4v) is 4.32. The van der Waals surface area contributed by atoms with Gasteiger partial charge in [0.1, 0.15) is 21.8 Å². The van der Waals surface area contributed by atoms with E-state index in [9.17, 15) is 9.59 Å². The summed E-state index contributed by atoms with van der Waals surface area (Å²) in [5.74, 6) is 1.48. The smallest absolute Gasteiger partial charge is 0.308 e. The van der Waals surface area contributed by atoms with Crippen molar-refractivity contribution in [1.29, 1.82) is 0 Å². The van der Waals surface area contributed by atoms with E-state index in [1.54, 1.807) is 30.3 Å². The summed E-state index contributed by atoms with van der Waals surface area (Å²) in [7, 11) is 0. The third kappa shape index (κ3) is 3.88. The summed E-state index contributed by atoms with van der Waals surface area (Å²) in [5.41, 5.74) is 1.18. The maximum Gasteiger partial charge on any atom is 0.308 e. The number of aromatic nitrogens is 3. The van der Waals surface area contributed by atoms with Crippen molar-refractivity contribution in [3.63, 3.8) is 0 Å². The highest BCUT2D eigenvalue weighted by molar-refractivity contribution is 9.10. The lowest BCUT2D eigenvalue weighted by molar-refractivity contribution is -0.131. The van der Waals surface area contributed by atoms with E-state index in [0.29, 0.717) is 38.2 Å². The van der Waals surface area contributed by atoms with E-state index in [1.807, 2.05) is 36.4 Å². The number of thiazole rings is 1. The highest BCUT2D eigenvalue weighted by Crippen LogP contribution is 2.28. The molecule has 9 heteroatoms. The third-order valence-corrected chi connectivity index (χ3v) is 6.08. The molecular weight excluding hydrogens is 494 g/mol. The van der Waals surface area contributed by atoms with E-state index < -0.39 is 5.97 Å². The number of nitrogens with zero attached hydrogens (tertiary/aromatic N) is 3. The summed E-state index contributed by atoms with van der Waals surface area (Å²) < 4.78 is 13.8. The number of furan rings is 1. The first-order valence-corrected chi connectivity index (χ1v) is 11.1. The summed E-state index contributed by atoms with van der Waals surface area (Å²) in [5, 5.41) is 4.33. The maximum absolute atomic E-state index is 12.9. The topological polar surface area (TPSA) is 86.7 Å². The number of ether oxygens (including phenoxy) is 1. The first-order chi connectivity index (χ1) is 15.5. The van der Waals surface area contributed by atoms with Gasteiger partial charge in [0, 0.05) is 23.0 Å². The quantitative estimate of drug-likeness (QED) is 0.266. The standard InChI is InChI=1S/C23H14BrN3O4S/c1-13(28)30-19-5-3-2-4-17(19)21-25-23-27(26-21)22(29)20(32-23)12-16-10-11-18(31-16)14-6-8-15(24)9-7-14/h2-12H,1H3. The normalized spacial score (nSPS) is 11.9. The molecule has 5 rings (SSSR count). The minimum absolute atomic E-state index is 0.296. The van der Waals surface area contributed by atoms with Gasteiger partial charge in [0.05, 0.1) is 5.56 Å². The second kappa shape index (κ2) is 8.18. The van der Waals surface area contributed by atoms with Crippen LogP contribution in [0.25, 0.3) is 33.7 Å². The molecule has 0 saturated heterocycles. The third-order valence-electron chi connectivity index (χ3n) is 4.59. The van der Waals surface area contributed by atoms with E-state index >= 15 is 0 Å². The van der Waals surface area contributed by atoms with Crippen molar-refractivity contribution in [1.82, 2.24) is 14.6 Å². The van der Waals surface area contributed by atoms with Crippen LogP contribution in [-0.2, 0) is 4.79 Å². The summed E-state index contributed by atoms with van der Waals surface area (Å²) in [6.07, 6.45) is 1.68. The van der Waals surface area contributed by atoms with Crippen molar-refractivity contribution < 1.29 is 13.9 Å². The number of halogens is 1. The Balaban J connectivity index is 1.50. The van der Waals surface area contributed by atoms with Crippen LogP contribution in [0.15, 0.2) is 74.3 Å². The molecule has 2 aromatic carbocycles. The molecule has 0 atom stereocenters. The lowest BCUT2D eigenvalue weighted by Gasteiger charge is -2.04. The fraction of sp³-hybridized carbons (Fsp3) is 0.0435. The van der Waals surface area contributed by atoms with Crippen LogP contribution in [0.4, 0.5) is 0 Å². The predicted octanol–water partition coefficient (Wildman–Crippen LogP) is 4.31. The lowest BCUT2D eigenvalue weighted by Crippen LogP contribution is -2.23. The first-order valence-electron chi connectivity index (χ1n) is 9.53. The summed E-state index contributed by atoms with van der Waals surface area (Å²) in [6.45, 7) is 1.32. The van der Waals surface area contributed by atoms with Crippen molar-refractivity contribution in [2.45, 2.75) is 6.92 Å². The predicted molar refractivity (Wildman–Crippen MR) is 125 cm³/mol. The zero-order valence-electron chi connectivity index (χ0n) is 16.6. The zero-order chi connectivity index (χ0) is 22.2. The molecule has 0 N–H and O–H groups in total. The van der Waals surface area contributed by atoms with Gasteiger partial charge in [0.15, 0.2) is 5.82 Å². The minimum Gasteiger partial charge on any atom is -0.457 e. The van der Waals surface area contributed by atoms with Gasteiger partial charge < -0.3 is 9.15 Å². The van der Waals surface area contributed by atoms with Crippen LogP contribution in [0.3, 0.4) is 0 Å². The Morgan fingerprint density at radius 2 is 1.91 bits per heavy atom. The molecule has 0 radical (unpaired) electrons. The Morgan fingerprint density at radius 1 is 1.12 bits per heavy atom. The molecule has 0 aliphatic carbocycles. The van der Waals surface area contributed by atoms with Crippen molar-refractivity contribution in [2.24, 2.45) is 0 Å². The second-order valence-corrected chi connectivity index (χ2v) is 8.77. The van der Waals surface area contributed by atoms with Crippen molar-refractivity contribution in [3.05, 3.63) is 85.8 Å². The molecule has 0 aliphatic rings. The lowest BCUT2D eigenvalue weighted by atomic mass is 10.2. The van der Waals surface area contributed by atoms with Crippen LogP contribution in [0.2, 0.25) is 0 Å². The number of benzene rings is 2. The van der Waals surface area contributed by atoms with Gasteiger partial charge in [-0.2, -0.15) is 9.50 Å². The largest absolute Gasteiger partial charge is 0.457 e. The molecule has 0 saturated carbocycles. The molecule has 0 unspecified atom stereocenters. The van der Waals surface area contributed by atoms with E-state index in [4.69, 9.17) is 9.15 Å². The monoisotopic (exact) mass is 507 g/mol. The molecule has 3 heterocycles. The minimum atomic E-state index is -0.444.